The number of halogens is 2. The van der Waals surface area contributed by atoms with Crippen molar-refractivity contribution in [2.24, 2.45) is 0 Å². The zero-order valence-electron chi connectivity index (χ0n) is 10.3. The SMILES string of the molecule is Nc1ccccc1S(=O)(=O)NCc1ccc(F)c(Cl)c1. The summed E-state index contributed by atoms with van der Waals surface area (Å²) in [6.45, 7) is -0.00331. The first-order valence-corrected chi connectivity index (χ1v) is 7.54. The number of nitrogens with two attached hydrogens (primary N) is 1. The van der Waals surface area contributed by atoms with E-state index in [1.165, 1.54) is 30.3 Å². The second-order valence-electron chi connectivity index (χ2n) is 4.11. The highest BCUT2D eigenvalue weighted by Gasteiger charge is 2.16. The van der Waals surface area contributed by atoms with Crippen LogP contribution in [0.3, 0.4) is 0 Å². The summed E-state index contributed by atoms with van der Waals surface area (Å²) >= 11 is 5.63. The lowest BCUT2D eigenvalue weighted by Gasteiger charge is -2.09. The first-order chi connectivity index (χ1) is 9.40. The van der Waals surface area contributed by atoms with Gasteiger partial charge in [0.05, 0.1) is 10.7 Å². The highest BCUT2D eigenvalue weighted by atomic mass is 35.5. The molecule has 0 atom stereocenters. The summed E-state index contributed by atoms with van der Waals surface area (Å²) in [5.74, 6) is -0.550. The predicted octanol–water partition coefficient (Wildman–Crippen LogP) is 2.54. The van der Waals surface area contributed by atoms with E-state index in [2.05, 4.69) is 4.72 Å². The first kappa shape index (κ1) is 14.8. The third-order valence-corrected chi connectivity index (χ3v) is 4.42. The van der Waals surface area contributed by atoms with E-state index in [1.54, 1.807) is 12.1 Å². The standard InChI is InChI=1S/C13H12ClFN2O2S/c14-10-7-9(5-6-11(10)15)8-17-20(18,19)13-4-2-1-3-12(13)16/h1-7,17H,8,16H2. The van der Waals surface area contributed by atoms with E-state index in [0.29, 0.717) is 5.56 Å². The number of para-hydroxylation sites is 1. The fourth-order valence-electron chi connectivity index (χ4n) is 1.63. The minimum absolute atomic E-state index is 0.00331. The molecule has 0 aliphatic carbocycles. The lowest BCUT2D eigenvalue weighted by molar-refractivity contribution is 0.581. The molecule has 0 radical (unpaired) electrons. The average Bonchev–Trinajstić information content (AvgIpc) is 2.40. The molecule has 2 aromatic rings. The van der Waals surface area contributed by atoms with Gasteiger partial charge in [0, 0.05) is 6.54 Å². The normalized spacial score (nSPS) is 11.5. The van der Waals surface area contributed by atoms with Gasteiger partial charge >= 0.3 is 0 Å². The van der Waals surface area contributed by atoms with Gasteiger partial charge in [0.1, 0.15) is 10.7 Å². The zero-order chi connectivity index (χ0) is 14.8. The van der Waals surface area contributed by atoms with Crippen molar-refractivity contribution in [3.8, 4) is 0 Å². The van der Waals surface area contributed by atoms with Crippen molar-refractivity contribution >= 4 is 27.3 Å². The largest absolute Gasteiger partial charge is 0.398 e. The highest BCUT2D eigenvalue weighted by Crippen LogP contribution is 2.19. The molecule has 0 amide bonds. The quantitative estimate of drug-likeness (QED) is 0.852. The third-order valence-electron chi connectivity index (χ3n) is 2.66. The molecular weight excluding hydrogens is 303 g/mol. The van der Waals surface area contributed by atoms with E-state index >= 15 is 0 Å². The van der Waals surface area contributed by atoms with Gasteiger partial charge in [-0.05, 0) is 29.8 Å². The lowest BCUT2D eigenvalue weighted by Crippen LogP contribution is -2.24. The monoisotopic (exact) mass is 314 g/mol. The molecule has 7 heteroatoms. The lowest BCUT2D eigenvalue weighted by atomic mass is 10.2. The van der Waals surface area contributed by atoms with Gasteiger partial charge in [0.15, 0.2) is 0 Å². The Morgan fingerprint density at radius 3 is 2.55 bits per heavy atom. The molecule has 0 fully saturated rings. The van der Waals surface area contributed by atoms with E-state index in [1.807, 2.05) is 0 Å². The van der Waals surface area contributed by atoms with E-state index in [4.69, 9.17) is 17.3 Å². The molecule has 4 nitrogen and oxygen atoms in total. The van der Waals surface area contributed by atoms with Crippen molar-refractivity contribution in [3.63, 3.8) is 0 Å². The Hall–Kier alpha value is -1.63. The summed E-state index contributed by atoms with van der Waals surface area (Å²) in [7, 11) is -3.72. The molecule has 0 unspecified atom stereocenters. The minimum atomic E-state index is -3.72. The predicted molar refractivity (Wildman–Crippen MR) is 76.3 cm³/mol. The summed E-state index contributed by atoms with van der Waals surface area (Å²) in [4.78, 5) is 0.00760. The third kappa shape index (κ3) is 3.27. The number of hydrogen-bond donors (Lipinski definition) is 2. The molecule has 3 N–H and O–H groups in total. The Morgan fingerprint density at radius 2 is 1.90 bits per heavy atom. The number of nitrogens with one attached hydrogen (secondary N) is 1. The van der Waals surface area contributed by atoms with Gasteiger partial charge in [0.2, 0.25) is 10.0 Å². The number of anilines is 1. The molecule has 0 aliphatic rings. The zero-order valence-corrected chi connectivity index (χ0v) is 11.9. The molecule has 2 rings (SSSR count). The Labute approximate surface area is 121 Å². The Balaban J connectivity index is 2.17. The van der Waals surface area contributed by atoms with Crippen LogP contribution in [0, 0.1) is 5.82 Å². The number of nitrogen functional groups attached to an aromatic ring is 1. The highest BCUT2D eigenvalue weighted by molar-refractivity contribution is 7.89. The second-order valence-corrected chi connectivity index (χ2v) is 6.25. The van der Waals surface area contributed by atoms with Crippen LogP contribution >= 0.6 is 11.6 Å². The van der Waals surface area contributed by atoms with Crippen molar-refractivity contribution in [2.45, 2.75) is 11.4 Å². The topological polar surface area (TPSA) is 72.2 Å². The Kier molecular flexibility index (Phi) is 4.27. The van der Waals surface area contributed by atoms with Gasteiger partial charge in [-0.15, -0.1) is 0 Å². The molecule has 0 heterocycles. The molecule has 20 heavy (non-hydrogen) atoms. The summed E-state index contributed by atoms with van der Waals surface area (Å²) in [6, 6.07) is 10.2. The minimum Gasteiger partial charge on any atom is -0.398 e. The number of benzene rings is 2. The Morgan fingerprint density at radius 1 is 1.20 bits per heavy atom. The smallest absolute Gasteiger partial charge is 0.242 e. The van der Waals surface area contributed by atoms with Crippen molar-refractivity contribution in [1.29, 1.82) is 0 Å². The molecule has 0 aliphatic heterocycles. The van der Waals surface area contributed by atoms with Crippen molar-refractivity contribution in [2.75, 3.05) is 5.73 Å². The van der Waals surface area contributed by atoms with E-state index < -0.39 is 15.8 Å². The molecule has 0 saturated carbocycles. The summed E-state index contributed by atoms with van der Waals surface area (Å²) in [6.07, 6.45) is 0. The van der Waals surface area contributed by atoms with Crippen molar-refractivity contribution in [1.82, 2.24) is 4.72 Å². The van der Waals surface area contributed by atoms with Gasteiger partial charge in [-0.25, -0.2) is 17.5 Å². The van der Waals surface area contributed by atoms with Crippen molar-refractivity contribution < 1.29 is 12.8 Å². The van der Waals surface area contributed by atoms with Crippen LogP contribution in [-0.4, -0.2) is 8.42 Å². The summed E-state index contributed by atoms with van der Waals surface area (Å²) < 4.78 is 39.6. The van der Waals surface area contributed by atoms with Gasteiger partial charge in [-0.3, -0.25) is 0 Å². The second kappa shape index (κ2) is 5.78. The van der Waals surface area contributed by atoms with Gasteiger partial charge in [0.25, 0.3) is 0 Å². The van der Waals surface area contributed by atoms with Crippen LogP contribution in [0.2, 0.25) is 5.02 Å². The van der Waals surface area contributed by atoms with Crippen LogP contribution in [-0.2, 0) is 16.6 Å². The van der Waals surface area contributed by atoms with Crippen LogP contribution < -0.4 is 10.5 Å². The fourth-order valence-corrected chi connectivity index (χ4v) is 2.98. The van der Waals surface area contributed by atoms with Gasteiger partial charge in [-0.2, -0.15) is 0 Å². The maximum absolute atomic E-state index is 13.0. The van der Waals surface area contributed by atoms with Gasteiger partial charge in [-0.1, -0.05) is 29.8 Å². The number of sulfonamides is 1. The molecule has 0 bridgehead atoms. The molecule has 0 saturated heterocycles. The molecule has 2 aromatic carbocycles. The van der Waals surface area contributed by atoms with Crippen LogP contribution in [0.15, 0.2) is 47.4 Å². The van der Waals surface area contributed by atoms with Crippen LogP contribution in [0.1, 0.15) is 5.56 Å². The fraction of sp³-hybridized carbons (Fsp3) is 0.0769. The molecule has 0 aromatic heterocycles. The number of rotatable bonds is 4. The van der Waals surface area contributed by atoms with Gasteiger partial charge < -0.3 is 5.73 Å². The first-order valence-electron chi connectivity index (χ1n) is 5.68. The summed E-state index contributed by atoms with van der Waals surface area (Å²) in [5, 5.41) is -0.0547. The van der Waals surface area contributed by atoms with E-state index in [0.717, 1.165) is 0 Å². The van der Waals surface area contributed by atoms with Crippen LogP contribution in [0.5, 0.6) is 0 Å². The molecule has 0 spiro atoms. The maximum atomic E-state index is 13.0. The van der Waals surface area contributed by atoms with Crippen LogP contribution in [0.4, 0.5) is 10.1 Å². The molecule has 106 valence electrons. The number of hydrogen-bond acceptors (Lipinski definition) is 3. The van der Waals surface area contributed by atoms with Crippen LogP contribution in [0.25, 0.3) is 0 Å². The van der Waals surface area contributed by atoms with Crippen molar-refractivity contribution in [3.05, 3.63) is 58.9 Å². The average molecular weight is 315 g/mol. The maximum Gasteiger partial charge on any atom is 0.242 e. The summed E-state index contributed by atoms with van der Waals surface area (Å²) in [5.41, 5.74) is 6.34. The van der Waals surface area contributed by atoms with E-state index in [9.17, 15) is 12.8 Å². The van der Waals surface area contributed by atoms with E-state index in [-0.39, 0.29) is 22.2 Å². The Bertz CT molecular complexity index is 735. The molecular formula is C13H12ClFN2O2S.